The van der Waals surface area contributed by atoms with E-state index in [9.17, 15) is 9.59 Å². The van der Waals surface area contributed by atoms with Crippen molar-refractivity contribution in [2.75, 3.05) is 13.2 Å². The summed E-state index contributed by atoms with van der Waals surface area (Å²) < 4.78 is 4.94. The van der Waals surface area contributed by atoms with Gasteiger partial charge in [-0.3, -0.25) is 4.79 Å². The van der Waals surface area contributed by atoms with Gasteiger partial charge in [-0.15, -0.1) is 0 Å². The van der Waals surface area contributed by atoms with Crippen LogP contribution in [-0.4, -0.2) is 40.8 Å². The second-order valence-corrected chi connectivity index (χ2v) is 4.43. The zero-order chi connectivity index (χ0) is 11.8. The maximum atomic E-state index is 11.6. The van der Waals surface area contributed by atoms with Crippen molar-refractivity contribution < 1.29 is 19.4 Å². The molecule has 2 rings (SSSR count). The third-order valence-electron chi connectivity index (χ3n) is 3.52. The highest BCUT2D eigenvalue weighted by molar-refractivity contribution is 5.75. The van der Waals surface area contributed by atoms with E-state index in [0.717, 1.165) is 6.42 Å². The SMILES string of the molecule is C=CCOC(=O)N1CCC12CC(C(=O)O)C2. The molecule has 1 saturated carbocycles. The number of hydrogen-bond acceptors (Lipinski definition) is 3. The van der Waals surface area contributed by atoms with Crippen molar-refractivity contribution >= 4 is 12.1 Å². The summed E-state index contributed by atoms with van der Waals surface area (Å²) in [7, 11) is 0. The summed E-state index contributed by atoms with van der Waals surface area (Å²) >= 11 is 0. The van der Waals surface area contributed by atoms with E-state index in [0.29, 0.717) is 19.4 Å². The van der Waals surface area contributed by atoms with Gasteiger partial charge < -0.3 is 14.7 Å². The Morgan fingerprint density at radius 2 is 2.25 bits per heavy atom. The highest BCUT2D eigenvalue weighted by atomic mass is 16.6. The molecule has 0 bridgehead atoms. The van der Waals surface area contributed by atoms with Crippen LogP contribution in [0.5, 0.6) is 0 Å². The van der Waals surface area contributed by atoms with Gasteiger partial charge in [0.2, 0.25) is 0 Å². The van der Waals surface area contributed by atoms with Crippen LogP contribution in [0, 0.1) is 5.92 Å². The first kappa shape index (κ1) is 11.0. The summed E-state index contributed by atoms with van der Waals surface area (Å²) in [6.07, 6.45) is 3.18. The van der Waals surface area contributed by atoms with Gasteiger partial charge in [0, 0.05) is 12.1 Å². The Labute approximate surface area is 93.7 Å². The molecular formula is C11H15NO4. The standard InChI is InChI=1S/C11H15NO4/c1-2-5-16-10(15)12-4-3-11(12)6-8(7-11)9(13)14/h2,8H,1,3-7H2,(H,13,14). The van der Waals surface area contributed by atoms with Crippen molar-refractivity contribution in [3.8, 4) is 0 Å². The molecule has 0 aromatic rings. The molecule has 1 aliphatic carbocycles. The second kappa shape index (κ2) is 3.81. The highest BCUT2D eigenvalue weighted by Gasteiger charge is 2.58. The van der Waals surface area contributed by atoms with Crippen molar-refractivity contribution in [1.29, 1.82) is 0 Å². The van der Waals surface area contributed by atoms with E-state index in [1.807, 2.05) is 0 Å². The molecule has 1 spiro atoms. The molecule has 2 fully saturated rings. The van der Waals surface area contributed by atoms with Crippen molar-refractivity contribution in [3.63, 3.8) is 0 Å². The average Bonchev–Trinajstić information content (AvgIpc) is 2.10. The maximum Gasteiger partial charge on any atom is 0.410 e. The summed E-state index contributed by atoms with van der Waals surface area (Å²) in [6.45, 7) is 4.34. The summed E-state index contributed by atoms with van der Waals surface area (Å²) in [5, 5.41) is 8.80. The largest absolute Gasteiger partial charge is 0.481 e. The van der Waals surface area contributed by atoms with Gasteiger partial charge in [-0.1, -0.05) is 12.7 Å². The van der Waals surface area contributed by atoms with Crippen LogP contribution in [0.1, 0.15) is 19.3 Å². The molecule has 2 aliphatic rings. The van der Waals surface area contributed by atoms with Gasteiger partial charge in [-0.2, -0.15) is 0 Å². The number of rotatable bonds is 3. The summed E-state index contributed by atoms with van der Waals surface area (Å²) in [5.74, 6) is -1.06. The third-order valence-corrected chi connectivity index (χ3v) is 3.52. The topological polar surface area (TPSA) is 66.8 Å². The normalized spacial score (nSPS) is 31.5. The molecule has 1 aliphatic heterocycles. The van der Waals surface area contributed by atoms with Crippen LogP contribution < -0.4 is 0 Å². The van der Waals surface area contributed by atoms with Crippen molar-refractivity contribution in [1.82, 2.24) is 4.90 Å². The Balaban J connectivity index is 1.87. The van der Waals surface area contributed by atoms with Crippen LogP contribution in [0.2, 0.25) is 0 Å². The fourth-order valence-electron chi connectivity index (χ4n) is 2.49. The first-order valence-electron chi connectivity index (χ1n) is 5.37. The van der Waals surface area contributed by atoms with Gasteiger partial charge >= 0.3 is 12.1 Å². The lowest BCUT2D eigenvalue weighted by molar-refractivity contribution is -0.158. The van der Waals surface area contributed by atoms with Crippen molar-refractivity contribution in [2.24, 2.45) is 5.92 Å². The number of carbonyl (C=O) groups is 2. The zero-order valence-corrected chi connectivity index (χ0v) is 9.02. The summed E-state index contributed by atoms with van der Waals surface area (Å²) in [5.41, 5.74) is -0.221. The lowest BCUT2D eigenvalue weighted by Crippen LogP contribution is -2.69. The van der Waals surface area contributed by atoms with Gasteiger partial charge in [-0.25, -0.2) is 4.79 Å². The number of carboxylic acids is 1. The molecule has 1 amide bonds. The zero-order valence-electron chi connectivity index (χ0n) is 9.02. The van der Waals surface area contributed by atoms with Gasteiger partial charge in [-0.05, 0) is 19.3 Å². The Morgan fingerprint density at radius 1 is 1.56 bits per heavy atom. The summed E-state index contributed by atoms with van der Waals surface area (Å²) in [6, 6.07) is 0. The number of ether oxygens (including phenoxy) is 1. The second-order valence-electron chi connectivity index (χ2n) is 4.43. The fourth-order valence-corrected chi connectivity index (χ4v) is 2.49. The van der Waals surface area contributed by atoms with Crippen LogP contribution in [0.3, 0.4) is 0 Å². The molecule has 5 nitrogen and oxygen atoms in total. The molecular weight excluding hydrogens is 210 g/mol. The minimum Gasteiger partial charge on any atom is -0.481 e. The Hall–Kier alpha value is -1.52. The van der Waals surface area contributed by atoms with Crippen LogP contribution in [0.15, 0.2) is 12.7 Å². The minimum absolute atomic E-state index is 0.202. The van der Waals surface area contributed by atoms with Crippen molar-refractivity contribution in [3.05, 3.63) is 12.7 Å². The van der Waals surface area contributed by atoms with Gasteiger partial charge in [0.05, 0.1) is 5.92 Å². The first-order valence-corrected chi connectivity index (χ1v) is 5.37. The van der Waals surface area contributed by atoms with E-state index in [4.69, 9.17) is 9.84 Å². The van der Waals surface area contributed by atoms with E-state index in [1.54, 1.807) is 4.90 Å². The van der Waals surface area contributed by atoms with E-state index in [-0.39, 0.29) is 24.2 Å². The van der Waals surface area contributed by atoms with Crippen LogP contribution in [0.4, 0.5) is 4.79 Å². The lowest BCUT2D eigenvalue weighted by Gasteiger charge is -2.59. The van der Waals surface area contributed by atoms with E-state index in [2.05, 4.69) is 6.58 Å². The minimum atomic E-state index is -0.767. The molecule has 88 valence electrons. The molecule has 0 radical (unpaired) electrons. The van der Waals surface area contributed by atoms with Gasteiger partial charge in [0.15, 0.2) is 0 Å². The molecule has 0 atom stereocenters. The van der Waals surface area contributed by atoms with Crippen LogP contribution in [0.25, 0.3) is 0 Å². The van der Waals surface area contributed by atoms with Crippen LogP contribution >= 0.6 is 0 Å². The number of hydrogen-bond donors (Lipinski definition) is 1. The Kier molecular flexibility index (Phi) is 2.61. The molecule has 0 aromatic heterocycles. The predicted octanol–water partition coefficient (Wildman–Crippen LogP) is 1.25. The number of amides is 1. The third kappa shape index (κ3) is 1.56. The molecule has 5 heteroatoms. The van der Waals surface area contributed by atoms with Crippen LogP contribution in [-0.2, 0) is 9.53 Å². The number of carbonyl (C=O) groups excluding carboxylic acids is 1. The van der Waals surface area contributed by atoms with E-state index >= 15 is 0 Å². The van der Waals surface area contributed by atoms with Gasteiger partial charge in [0.25, 0.3) is 0 Å². The predicted molar refractivity (Wildman–Crippen MR) is 56.0 cm³/mol. The fraction of sp³-hybridized carbons (Fsp3) is 0.636. The molecule has 16 heavy (non-hydrogen) atoms. The highest BCUT2D eigenvalue weighted by Crippen LogP contribution is 2.50. The Bertz CT molecular complexity index is 333. The maximum absolute atomic E-state index is 11.6. The monoisotopic (exact) mass is 225 g/mol. The van der Waals surface area contributed by atoms with Crippen molar-refractivity contribution in [2.45, 2.75) is 24.8 Å². The number of nitrogens with zero attached hydrogens (tertiary/aromatic N) is 1. The molecule has 1 heterocycles. The lowest BCUT2D eigenvalue weighted by atomic mass is 9.61. The Morgan fingerprint density at radius 3 is 2.69 bits per heavy atom. The number of carboxylic acid groups (broad SMARTS) is 1. The quantitative estimate of drug-likeness (QED) is 0.734. The first-order chi connectivity index (χ1) is 7.59. The molecule has 0 aromatic carbocycles. The van der Waals surface area contributed by atoms with E-state index in [1.165, 1.54) is 6.08 Å². The molecule has 1 N–H and O–H groups in total. The van der Waals surface area contributed by atoms with E-state index < -0.39 is 5.97 Å². The smallest absolute Gasteiger partial charge is 0.410 e. The average molecular weight is 225 g/mol. The molecule has 0 unspecified atom stereocenters. The molecule has 1 saturated heterocycles. The van der Waals surface area contributed by atoms with Gasteiger partial charge in [0.1, 0.15) is 6.61 Å². The number of likely N-dealkylation sites (tertiary alicyclic amines) is 1. The number of aliphatic carboxylic acids is 1. The summed E-state index contributed by atoms with van der Waals surface area (Å²) in [4.78, 5) is 23.9.